The highest BCUT2D eigenvalue weighted by Gasteiger charge is 2.36. The standard InChI is InChI=1S/C13H16FNO2S/c1-8(2)17-13(16)11-7-18-12(15-11)9-3-5-10(14)6-4-9/h3-6,8,11-12,15H,7H2,1-2H3/p+1/t11-,12-/m0/s1. The number of hydrogen-bond donors (Lipinski definition) is 1. The first-order valence-electron chi connectivity index (χ1n) is 5.99. The van der Waals surface area contributed by atoms with Crippen molar-refractivity contribution < 1.29 is 19.2 Å². The van der Waals surface area contributed by atoms with Crippen LogP contribution in [0.25, 0.3) is 0 Å². The Kier molecular flexibility index (Phi) is 4.24. The number of nitrogens with two attached hydrogens (primary N) is 1. The second kappa shape index (κ2) is 5.71. The Labute approximate surface area is 110 Å². The van der Waals surface area contributed by atoms with Crippen molar-refractivity contribution in [3.05, 3.63) is 35.6 Å². The molecule has 2 atom stereocenters. The van der Waals surface area contributed by atoms with E-state index in [0.717, 1.165) is 11.3 Å². The number of halogens is 1. The van der Waals surface area contributed by atoms with Crippen LogP contribution in [0.3, 0.4) is 0 Å². The van der Waals surface area contributed by atoms with Crippen LogP contribution in [0.15, 0.2) is 24.3 Å². The summed E-state index contributed by atoms with van der Waals surface area (Å²) in [4.78, 5) is 11.8. The number of esters is 1. The largest absolute Gasteiger partial charge is 0.459 e. The van der Waals surface area contributed by atoms with Crippen LogP contribution in [-0.4, -0.2) is 23.9 Å². The molecule has 0 radical (unpaired) electrons. The van der Waals surface area contributed by atoms with E-state index in [2.05, 4.69) is 0 Å². The second-order valence-electron chi connectivity index (χ2n) is 4.59. The monoisotopic (exact) mass is 270 g/mol. The lowest BCUT2D eigenvalue weighted by Gasteiger charge is -2.12. The topological polar surface area (TPSA) is 42.9 Å². The molecule has 0 saturated carbocycles. The zero-order valence-electron chi connectivity index (χ0n) is 10.4. The van der Waals surface area contributed by atoms with Gasteiger partial charge in [-0.05, 0) is 38.1 Å². The molecule has 1 aromatic rings. The van der Waals surface area contributed by atoms with Gasteiger partial charge < -0.3 is 10.1 Å². The van der Waals surface area contributed by atoms with E-state index in [4.69, 9.17) is 4.74 Å². The second-order valence-corrected chi connectivity index (χ2v) is 5.76. The Balaban J connectivity index is 1.96. The minimum atomic E-state index is -0.238. The molecule has 1 fully saturated rings. The molecule has 0 unspecified atom stereocenters. The maximum atomic E-state index is 12.8. The van der Waals surface area contributed by atoms with Gasteiger partial charge in [0.1, 0.15) is 5.82 Å². The van der Waals surface area contributed by atoms with E-state index in [1.165, 1.54) is 12.1 Å². The minimum Gasteiger partial charge on any atom is -0.459 e. The molecule has 1 aliphatic heterocycles. The maximum absolute atomic E-state index is 12.8. The van der Waals surface area contributed by atoms with Crippen molar-refractivity contribution in [2.75, 3.05) is 5.75 Å². The summed E-state index contributed by atoms with van der Waals surface area (Å²) in [5.41, 5.74) is 1.03. The van der Waals surface area contributed by atoms with Crippen LogP contribution in [0.4, 0.5) is 4.39 Å². The molecule has 0 aromatic heterocycles. The van der Waals surface area contributed by atoms with Crippen LogP contribution in [0.2, 0.25) is 0 Å². The quantitative estimate of drug-likeness (QED) is 0.846. The van der Waals surface area contributed by atoms with E-state index in [0.29, 0.717) is 0 Å². The van der Waals surface area contributed by atoms with Gasteiger partial charge in [0.2, 0.25) is 0 Å². The summed E-state index contributed by atoms with van der Waals surface area (Å²) in [6.45, 7) is 3.69. The van der Waals surface area contributed by atoms with Gasteiger partial charge in [0.15, 0.2) is 11.4 Å². The molecule has 0 aliphatic carbocycles. The van der Waals surface area contributed by atoms with Crippen molar-refractivity contribution >= 4 is 17.7 Å². The van der Waals surface area contributed by atoms with Crippen molar-refractivity contribution in [2.45, 2.75) is 31.4 Å². The molecule has 3 nitrogen and oxygen atoms in total. The van der Waals surface area contributed by atoms with Crippen molar-refractivity contribution in [2.24, 2.45) is 0 Å². The highest BCUT2D eigenvalue weighted by Crippen LogP contribution is 2.27. The number of benzene rings is 1. The lowest BCUT2D eigenvalue weighted by molar-refractivity contribution is -0.685. The lowest BCUT2D eigenvalue weighted by Crippen LogP contribution is -2.89. The summed E-state index contributed by atoms with van der Waals surface area (Å²) < 4.78 is 18.0. The van der Waals surface area contributed by atoms with Crippen LogP contribution in [0, 0.1) is 5.82 Å². The summed E-state index contributed by atoms with van der Waals surface area (Å²) in [6.07, 6.45) is -0.0826. The van der Waals surface area contributed by atoms with E-state index in [9.17, 15) is 9.18 Å². The zero-order valence-corrected chi connectivity index (χ0v) is 11.2. The van der Waals surface area contributed by atoms with Gasteiger partial charge in [-0.25, -0.2) is 9.18 Å². The van der Waals surface area contributed by atoms with Crippen molar-refractivity contribution in [3.63, 3.8) is 0 Å². The summed E-state index contributed by atoms with van der Waals surface area (Å²) in [5, 5.41) is 2.14. The number of rotatable bonds is 3. The van der Waals surface area contributed by atoms with Crippen LogP contribution >= 0.6 is 11.8 Å². The van der Waals surface area contributed by atoms with Gasteiger partial charge in [0.25, 0.3) is 0 Å². The van der Waals surface area contributed by atoms with E-state index >= 15 is 0 Å². The average molecular weight is 270 g/mol. The molecule has 5 heteroatoms. The zero-order chi connectivity index (χ0) is 13.1. The molecule has 98 valence electrons. The van der Waals surface area contributed by atoms with Gasteiger partial charge in [-0.15, -0.1) is 0 Å². The van der Waals surface area contributed by atoms with Crippen molar-refractivity contribution in [1.82, 2.24) is 0 Å². The molecular weight excluding hydrogens is 253 g/mol. The van der Waals surface area contributed by atoms with Crippen LogP contribution < -0.4 is 5.32 Å². The fraction of sp³-hybridized carbons (Fsp3) is 0.462. The van der Waals surface area contributed by atoms with Crippen LogP contribution in [0.5, 0.6) is 0 Å². The number of hydrogen-bond acceptors (Lipinski definition) is 3. The third kappa shape index (κ3) is 3.23. The first-order valence-corrected chi connectivity index (χ1v) is 7.03. The fourth-order valence-electron chi connectivity index (χ4n) is 1.86. The first kappa shape index (κ1) is 13.4. The van der Waals surface area contributed by atoms with Gasteiger partial charge in [0.05, 0.1) is 11.9 Å². The van der Waals surface area contributed by atoms with Crippen molar-refractivity contribution in [3.8, 4) is 0 Å². The van der Waals surface area contributed by atoms with Crippen LogP contribution in [-0.2, 0) is 9.53 Å². The Bertz CT molecular complexity index is 422. The normalized spacial score (nSPS) is 23.3. The van der Waals surface area contributed by atoms with Gasteiger partial charge >= 0.3 is 5.97 Å². The Morgan fingerprint density at radius 1 is 1.44 bits per heavy atom. The Morgan fingerprint density at radius 3 is 2.72 bits per heavy atom. The third-order valence-corrected chi connectivity index (χ3v) is 4.06. The van der Waals surface area contributed by atoms with Gasteiger partial charge in [-0.1, -0.05) is 11.8 Å². The summed E-state index contributed by atoms with van der Waals surface area (Å²) >= 11 is 1.69. The molecule has 2 rings (SSSR count). The highest BCUT2D eigenvalue weighted by molar-refractivity contribution is 7.99. The summed E-state index contributed by atoms with van der Waals surface area (Å²) in [7, 11) is 0. The SMILES string of the molecule is CC(C)OC(=O)[C@@H]1CS[C@@H](c2ccc(F)cc2)[NH2+]1. The van der Waals surface area contributed by atoms with E-state index in [1.54, 1.807) is 23.9 Å². The number of quaternary nitrogens is 1. The minimum absolute atomic E-state index is 0.0826. The predicted octanol–water partition coefficient (Wildman–Crippen LogP) is 1.45. The molecule has 1 saturated heterocycles. The average Bonchev–Trinajstić information content (AvgIpc) is 2.78. The molecule has 2 N–H and O–H groups in total. The molecule has 0 amide bonds. The third-order valence-electron chi connectivity index (χ3n) is 2.72. The molecule has 1 aromatic carbocycles. The number of ether oxygens (including phenoxy) is 1. The summed E-state index contributed by atoms with van der Waals surface area (Å²) in [6, 6.07) is 6.26. The van der Waals surface area contributed by atoms with E-state index < -0.39 is 0 Å². The van der Waals surface area contributed by atoms with Crippen molar-refractivity contribution in [1.29, 1.82) is 0 Å². The van der Waals surface area contributed by atoms with E-state index in [1.807, 2.05) is 19.2 Å². The first-order chi connectivity index (χ1) is 8.56. The summed E-state index contributed by atoms with van der Waals surface area (Å²) in [5.74, 6) is 0.327. The molecule has 1 heterocycles. The Morgan fingerprint density at radius 2 is 2.11 bits per heavy atom. The number of carbonyl (C=O) groups is 1. The van der Waals surface area contributed by atoms with Gasteiger partial charge in [-0.3, -0.25) is 0 Å². The smallest absolute Gasteiger partial charge is 0.366 e. The van der Waals surface area contributed by atoms with Gasteiger partial charge in [-0.2, -0.15) is 0 Å². The number of carbonyl (C=O) groups excluding carboxylic acids is 1. The molecule has 0 bridgehead atoms. The fourth-order valence-corrected chi connectivity index (χ4v) is 3.17. The van der Waals surface area contributed by atoms with Gasteiger partial charge in [0, 0.05) is 5.56 Å². The predicted molar refractivity (Wildman–Crippen MR) is 68.5 cm³/mol. The maximum Gasteiger partial charge on any atom is 0.366 e. The number of thioether (sulfide) groups is 1. The molecule has 0 spiro atoms. The molecular formula is C13H17FNO2S+. The molecule has 18 heavy (non-hydrogen) atoms. The van der Waals surface area contributed by atoms with Crippen LogP contribution in [0.1, 0.15) is 24.8 Å². The highest BCUT2D eigenvalue weighted by atomic mass is 32.2. The van der Waals surface area contributed by atoms with E-state index in [-0.39, 0.29) is 29.3 Å². The molecule has 1 aliphatic rings. The lowest BCUT2D eigenvalue weighted by atomic mass is 10.2. The Hall–Kier alpha value is -1.07.